The van der Waals surface area contributed by atoms with Gasteiger partial charge in [-0.05, 0) is 98.1 Å². The Morgan fingerprint density at radius 1 is 0.362 bits per heavy atom. The highest BCUT2D eigenvalue weighted by molar-refractivity contribution is 6.06. The van der Waals surface area contributed by atoms with Crippen LogP contribution in [-0.4, -0.2) is 9.97 Å². The highest BCUT2D eigenvalue weighted by Crippen LogP contribution is 2.53. The van der Waals surface area contributed by atoms with Gasteiger partial charge in [-0.15, -0.1) is 0 Å². The molecule has 11 rings (SSSR count). The Bertz CT molecular complexity index is 3190. The predicted octanol–water partition coefficient (Wildman–Crippen LogP) is 14.7. The van der Waals surface area contributed by atoms with Crippen molar-refractivity contribution < 1.29 is 4.42 Å². The summed E-state index contributed by atoms with van der Waals surface area (Å²) in [5, 5.41) is 2.22. The van der Waals surface area contributed by atoms with Crippen LogP contribution in [0.5, 0.6) is 0 Å². The van der Waals surface area contributed by atoms with Gasteiger partial charge in [0.05, 0.1) is 11.4 Å². The van der Waals surface area contributed by atoms with Gasteiger partial charge in [0.1, 0.15) is 11.2 Å². The lowest BCUT2D eigenvalue weighted by Crippen LogP contribution is -2.16. The van der Waals surface area contributed by atoms with Crippen molar-refractivity contribution in [1.29, 1.82) is 0 Å². The highest BCUT2D eigenvalue weighted by Gasteiger charge is 2.37. The van der Waals surface area contributed by atoms with Crippen LogP contribution in [0, 0.1) is 0 Å². The molecule has 0 aliphatic heterocycles. The number of hydrogen-bond donors (Lipinski definition) is 0. The third-order valence-corrected chi connectivity index (χ3v) is 11.9. The molecule has 0 N–H and O–H groups in total. The molecule has 0 fully saturated rings. The van der Waals surface area contributed by atoms with Crippen molar-refractivity contribution in [2.45, 2.75) is 19.3 Å². The van der Waals surface area contributed by atoms with E-state index in [2.05, 4.69) is 190 Å². The zero-order valence-electron chi connectivity index (χ0n) is 32.3. The Kier molecular flexibility index (Phi) is 7.84. The summed E-state index contributed by atoms with van der Waals surface area (Å²) in [5.74, 6) is 0.687. The van der Waals surface area contributed by atoms with Gasteiger partial charge in [-0.25, -0.2) is 9.97 Å². The summed E-state index contributed by atoms with van der Waals surface area (Å²) in [7, 11) is 0. The molecular formula is C55H38N2O. The van der Waals surface area contributed by atoms with E-state index in [0.717, 1.165) is 77.8 Å². The predicted molar refractivity (Wildman–Crippen MR) is 239 cm³/mol. The second-order valence-electron chi connectivity index (χ2n) is 15.7. The van der Waals surface area contributed by atoms with Crippen LogP contribution in [0.3, 0.4) is 0 Å². The first-order chi connectivity index (χ1) is 28.5. The summed E-state index contributed by atoms with van der Waals surface area (Å²) in [4.78, 5) is 10.7. The molecule has 2 heterocycles. The first-order valence-electron chi connectivity index (χ1n) is 19.9. The van der Waals surface area contributed by atoms with Gasteiger partial charge < -0.3 is 4.42 Å². The quantitative estimate of drug-likeness (QED) is 0.170. The van der Waals surface area contributed by atoms with E-state index in [-0.39, 0.29) is 5.41 Å². The molecule has 0 radical (unpaired) electrons. The van der Waals surface area contributed by atoms with Crippen molar-refractivity contribution in [2.24, 2.45) is 0 Å². The Labute approximate surface area is 338 Å². The molecule has 0 saturated heterocycles. The third-order valence-electron chi connectivity index (χ3n) is 11.9. The molecule has 0 atom stereocenters. The maximum Gasteiger partial charge on any atom is 0.160 e. The first-order valence-corrected chi connectivity index (χ1v) is 19.9. The van der Waals surface area contributed by atoms with E-state index in [1.807, 2.05) is 18.2 Å². The minimum absolute atomic E-state index is 0.165. The molecule has 10 aromatic rings. The van der Waals surface area contributed by atoms with E-state index in [9.17, 15) is 0 Å². The van der Waals surface area contributed by atoms with Gasteiger partial charge >= 0.3 is 0 Å². The number of fused-ring (bicyclic) bond motifs is 6. The monoisotopic (exact) mass is 742 g/mol. The van der Waals surface area contributed by atoms with Crippen molar-refractivity contribution in [2.75, 3.05) is 0 Å². The van der Waals surface area contributed by atoms with Crippen LogP contribution in [0.4, 0.5) is 0 Å². The molecule has 0 bridgehead atoms. The maximum absolute atomic E-state index is 6.22. The van der Waals surface area contributed by atoms with Crippen LogP contribution < -0.4 is 0 Å². The lowest BCUT2D eigenvalue weighted by Gasteiger charge is -2.25. The van der Waals surface area contributed by atoms with Crippen molar-refractivity contribution in [3.05, 3.63) is 205 Å². The smallest absolute Gasteiger partial charge is 0.160 e. The van der Waals surface area contributed by atoms with E-state index in [4.69, 9.17) is 14.4 Å². The fourth-order valence-corrected chi connectivity index (χ4v) is 9.11. The van der Waals surface area contributed by atoms with E-state index in [0.29, 0.717) is 5.82 Å². The Morgan fingerprint density at radius 2 is 0.931 bits per heavy atom. The van der Waals surface area contributed by atoms with Gasteiger partial charge in [-0.3, -0.25) is 0 Å². The van der Waals surface area contributed by atoms with Crippen LogP contribution >= 0.6 is 0 Å². The second-order valence-corrected chi connectivity index (χ2v) is 15.7. The third kappa shape index (κ3) is 5.58. The second kappa shape index (κ2) is 13.4. The zero-order chi connectivity index (χ0) is 38.8. The molecule has 0 saturated carbocycles. The number of rotatable bonds is 6. The number of aromatic nitrogens is 2. The molecule has 1 aliphatic rings. The number of nitrogens with zero attached hydrogens (tertiary/aromatic N) is 2. The zero-order valence-corrected chi connectivity index (χ0v) is 32.3. The summed E-state index contributed by atoms with van der Waals surface area (Å²) < 4.78 is 6.22. The molecule has 3 heteroatoms. The van der Waals surface area contributed by atoms with Crippen molar-refractivity contribution in [3.63, 3.8) is 0 Å². The molecule has 58 heavy (non-hydrogen) atoms. The van der Waals surface area contributed by atoms with Crippen molar-refractivity contribution in [3.8, 4) is 78.4 Å². The Balaban J connectivity index is 1.13. The van der Waals surface area contributed by atoms with Crippen LogP contribution in [0.2, 0.25) is 0 Å². The average Bonchev–Trinajstić information content (AvgIpc) is 3.78. The Morgan fingerprint density at radius 3 is 1.72 bits per heavy atom. The molecule has 3 nitrogen and oxygen atoms in total. The molecule has 0 amide bonds. The molecular weight excluding hydrogens is 705 g/mol. The minimum Gasteiger partial charge on any atom is -0.456 e. The summed E-state index contributed by atoms with van der Waals surface area (Å²) in [5.41, 5.74) is 18.6. The van der Waals surface area contributed by atoms with Gasteiger partial charge in [0.15, 0.2) is 5.82 Å². The number of para-hydroxylation sites is 1. The van der Waals surface area contributed by atoms with Gasteiger partial charge in [0.2, 0.25) is 0 Å². The molecule has 0 unspecified atom stereocenters. The summed E-state index contributed by atoms with van der Waals surface area (Å²) in [6.07, 6.45) is 0. The van der Waals surface area contributed by atoms with Crippen LogP contribution in [0.1, 0.15) is 25.0 Å². The molecule has 2 aromatic heterocycles. The molecule has 0 spiro atoms. The van der Waals surface area contributed by atoms with Crippen LogP contribution in [-0.2, 0) is 5.41 Å². The van der Waals surface area contributed by atoms with E-state index >= 15 is 0 Å². The fourth-order valence-electron chi connectivity index (χ4n) is 9.11. The SMILES string of the molecule is CC1(C)c2ccccc2-c2cccc(-c3ccccc3-c3cc(-c4cc(-c5ccccc5)cc(-c5ccc6oc7ccccc7c6c5)c4)nc(-c4ccccc4)n3)c21. The molecule has 8 aromatic carbocycles. The van der Waals surface area contributed by atoms with Gasteiger partial charge in [0, 0.05) is 32.9 Å². The maximum atomic E-state index is 6.22. The summed E-state index contributed by atoms with van der Waals surface area (Å²) in [6.45, 7) is 4.70. The van der Waals surface area contributed by atoms with Gasteiger partial charge in [0.25, 0.3) is 0 Å². The summed E-state index contributed by atoms with van der Waals surface area (Å²) in [6, 6.07) is 69.0. The van der Waals surface area contributed by atoms with E-state index < -0.39 is 0 Å². The molecule has 274 valence electrons. The van der Waals surface area contributed by atoms with Crippen LogP contribution in [0.25, 0.3) is 100 Å². The molecule has 1 aliphatic carbocycles. The number of hydrogen-bond acceptors (Lipinski definition) is 3. The largest absolute Gasteiger partial charge is 0.456 e. The van der Waals surface area contributed by atoms with E-state index in [1.165, 1.54) is 27.8 Å². The van der Waals surface area contributed by atoms with Crippen molar-refractivity contribution in [1.82, 2.24) is 9.97 Å². The minimum atomic E-state index is -0.165. The standard InChI is InChI=1S/C55H38N2O/c1-55(2)48-26-13-11-21-42(48)46-25-15-24-45(53(46)55)41-20-9-10-22-43(41)50-34-49(56-54(57-50)36-18-7-4-8-19-36)40-31-38(35-16-5-3-6-17-35)30-39(32-40)37-28-29-52-47(33-37)44-23-12-14-27-51(44)58-52/h3-34H,1-2H3. The number of benzene rings is 8. The highest BCUT2D eigenvalue weighted by atomic mass is 16.3. The van der Waals surface area contributed by atoms with Gasteiger partial charge in [-0.1, -0.05) is 166 Å². The summed E-state index contributed by atoms with van der Waals surface area (Å²) >= 11 is 0. The normalized spacial score (nSPS) is 12.8. The number of furan rings is 1. The topological polar surface area (TPSA) is 38.9 Å². The fraction of sp³-hybridized carbons (Fsp3) is 0.0545. The van der Waals surface area contributed by atoms with Crippen LogP contribution in [0.15, 0.2) is 199 Å². The average molecular weight is 743 g/mol. The van der Waals surface area contributed by atoms with E-state index in [1.54, 1.807) is 0 Å². The van der Waals surface area contributed by atoms with Gasteiger partial charge in [-0.2, -0.15) is 0 Å². The van der Waals surface area contributed by atoms with Crippen molar-refractivity contribution >= 4 is 21.9 Å². The lowest BCUT2D eigenvalue weighted by atomic mass is 9.78. The Hall–Kier alpha value is -7.36. The first kappa shape index (κ1) is 33.9. The lowest BCUT2D eigenvalue weighted by molar-refractivity contribution is 0.662.